The predicted octanol–water partition coefficient (Wildman–Crippen LogP) is 4.61. The Kier molecular flexibility index (Phi) is 4.46. The molecule has 2 aromatic rings. The largest absolute Gasteiger partial charge is 0.444 e. The number of nitrogens with one attached hydrogen (secondary N) is 1. The van der Waals surface area contributed by atoms with Gasteiger partial charge in [0.2, 0.25) is 0 Å². The molecule has 0 saturated heterocycles. The normalized spacial score (nSPS) is 15.9. The summed E-state index contributed by atoms with van der Waals surface area (Å²) in [5.74, 6) is 0. The number of ether oxygens (including phenoxy) is 1. The number of halogens is 3. The van der Waals surface area contributed by atoms with Crippen molar-refractivity contribution in [2.24, 2.45) is 0 Å². The number of pyridine rings is 1. The Morgan fingerprint density at radius 2 is 2.04 bits per heavy atom. The first-order valence-corrected chi connectivity index (χ1v) is 8.27. The summed E-state index contributed by atoms with van der Waals surface area (Å²) in [6.07, 6.45) is -0.577. The van der Waals surface area contributed by atoms with Crippen LogP contribution in [-0.4, -0.2) is 39.7 Å². The molecule has 0 aromatic carbocycles. The number of fused-ring (bicyclic) bond motifs is 1. The van der Waals surface area contributed by atoms with Gasteiger partial charge in [-0.25, -0.2) is 9.78 Å². The molecule has 0 unspecified atom stereocenters. The molecule has 1 amide bonds. The van der Waals surface area contributed by atoms with Crippen LogP contribution in [-0.2, 0) is 10.9 Å². The highest BCUT2D eigenvalue weighted by molar-refractivity contribution is 5.92. The van der Waals surface area contributed by atoms with Crippen molar-refractivity contribution < 1.29 is 22.7 Å². The molecule has 0 aliphatic carbocycles. The van der Waals surface area contributed by atoms with E-state index in [0.29, 0.717) is 29.6 Å². The third-order valence-electron chi connectivity index (χ3n) is 4.07. The van der Waals surface area contributed by atoms with Crippen molar-refractivity contribution in [3.63, 3.8) is 0 Å². The van der Waals surface area contributed by atoms with Gasteiger partial charge in [0.25, 0.3) is 0 Å². The third kappa shape index (κ3) is 3.68. The highest BCUT2D eigenvalue weighted by atomic mass is 19.4. The smallest absolute Gasteiger partial charge is 0.418 e. The number of carbonyl (C=O) groups excluding carboxylic acids is 1. The molecule has 1 aliphatic heterocycles. The van der Waals surface area contributed by atoms with Gasteiger partial charge in [0, 0.05) is 36.4 Å². The lowest BCUT2D eigenvalue weighted by Crippen LogP contribution is -2.39. The van der Waals surface area contributed by atoms with Gasteiger partial charge in [-0.05, 0) is 38.8 Å². The van der Waals surface area contributed by atoms with Crippen LogP contribution in [0.2, 0.25) is 0 Å². The average molecular weight is 367 g/mol. The number of aromatic amines is 1. The number of hydrogen-bond acceptors (Lipinski definition) is 3. The highest BCUT2D eigenvalue weighted by Gasteiger charge is 2.36. The molecular weight excluding hydrogens is 347 g/mol. The fourth-order valence-electron chi connectivity index (χ4n) is 2.96. The number of alkyl halides is 3. The third-order valence-corrected chi connectivity index (χ3v) is 4.07. The fraction of sp³-hybridized carbons (Fsp3) is 0.444. The molecule has 3 rings (SSSR count). The molecule has 0 fully saturated rings. The fourth-order valence-corrected chi connectivity index (χ4v) is 2.96. The number of hydrogen-bond donors (Lipinski definition) is 1. The van der Waals surface area contributed by atoms with E-state index in [1.807, 2.05) is 0 Å². The molecule has 0 saturated carbocycles. The van der Waals surface area contributed by atoms with Gasteiger partial charge >= 0.3 is 12.3 Å². The summed E-state index contributed by atoms with van der Waals surface area (Å²) in [6.45, 7) is 5.81. The van der Waals surface area contributed by atoms with Crippen LogP contribution in [0.1, 0.15) is 38.3 Å². The Labute approximate surface area is 148 Å². The first-order chi connectivity index (χ1) is 12.1. The number of H-pyrrole nitrogens is 1. The first kappa shape index (κ1) is 18.3. The maximum atomic E-state index is 13.5. The molecule has 3 heterocycles. The van der Waals surface area contributed by atoms with Crippen LogP contribution in [0.15, 0.2) is 24.5 Å². The van der Waals surface area contributed by atoms with E-state index in [9.17, 15) is 18.0 Å². The maximum Gasteiger partial charge on any atom is 0.418 e. The van der Waals surface area contributed by atoms with Gasteiger partial charge in [-0.3, -0.25) is 0 Å². The van der Waals surface area contributed by atoms with Gasteiger partial charge in [0.05, 0.1) is 5.56 Å². The van der Waals surface area contributed by atoms with Gasteiger partial charge in [0.1, 0.15) is 11.2 Å². The van der Waals surface area contributed by atoms with Crippen molar-refractivity contribution in [1.82, 2.24) is 14.9 Å². The SMILES string of the molecule is CC(C)(C)OC(=O)N1CC=C(c2c(C(F)(F)F)cnc3[nH]ccc23)CC1. The second-order valence-corrected chi connectivity index (χ2v) is 7.19. The Bertz CT molecular complexity index is 863. The number of amides is 1. The van der Waals surface area contributed by atoms with Gasteiger partial charge in [-0.1, -0.05) is 6.08 Å². The van der Waals surface area contributed by atoms with Gasteiger partial charge < -0.3 is 14.6 Å². The molecule has 0 radical (unpaired) electrons. The van der Waals surface area contributed by atoms with Crippen LogP contribution in [0.5, 0.6) is 0 Å². The molecule has 26 heavy (non-hydrogen) atoms. The Morgan fingerprint density at radius 1 is 1.31 bits per heavy atom. The van der Waals surface area contributed by atoms with Gasteiger partial charge in [-0.15, -0.1) is 0 Å². The summed E-state index contributed by atoms with van der Waals surface area (Å²) < 4.78 is 45.7. The second-order valence-electron chi connectivity index (χ2n) is 7.19. The summed E-state index contributed by atoms with van der Waals surface area (Å²) in [7, 11) is 0. The van der Waals surface area contributed by atoms with Crippen molar-refractivity contribution in [2.45, 2.75) is 39.0 Å². The summed E-state index contributed by atoms with van der Waals surface area (Å²) in [5.41, 5.74) is -0.283. The van der Waals surface area contributed by atoms with E-state index in [4.69, 9.17) is 4.74 Å². The quantitative estimate of drug-likeness (QED) is 0.801. The maximum absolute atomic E-state index is 13.5. The van der Waals surface area contributed by atoms with Crippen molar-refractivity contribution in [1.29, 1.82) is 0 Å². The second kappa shape index (κ2) is 6.34. The molecule has 0 spiro atoms. The number of nitrogens with zero attached hydrogens (tertiary/aromatic N) is 2. The van der Waals surface area contributed by atoms with E-state index in [1.165, 1.54) is 4.90 Å². The Hall–Kier alpha value is -2.51. The topological polar surface area (TPSA) is 58.2 Å². The molecule has 5 nitrogen and oxygen atoms in total. The zero-order chi connectivity index (χ0) is 19.1. The van der Waals surface area contributed by atoms with E-state index in [1.54, 1.807) is 39.1 Å². The predicted molar refractivity (Wildman–Crippen MR) is 91.5 cm³/mol. The van der Waals surface area contributed by atoms with Crippen LogP contribution in [0, 0.1) is 0 Å². The van der Waals surface area contributed by atoms with E-state index in [2.05, 4.69) is 9.97 Å². The molecule has 1 N–H and O–H groups in total. The number of aromatic nitrogens is 2. The minimum atomic E-state index is -4.50. The number of carbonyl (C=O) groups is 1. The highest BCUT2D eigenvalue weighted by Crippen LogP contribution is 2.39. The average Bonchev–Trinajstić information content (AvgIpc) is 3.00. The lowest BCUT2D eigenvalue weighted by atomic mass is 9.93. The summed E-state index contributed by atoms with van der Waals surface area (Å²) >= 11 is 0. The van der Waals surface area contributed by atoms with Crippen molar-refractivity contribution in [3.8, 4) is 0 Å². The molecule has 8 heteroatoms. The van der Waals surface area contributed by atoms with Crippen LogP contribution >= 0.6 is 0 Å². The first-order valence-electron chi connectivity index (χ1n) is 8.27. The molecule has 0 atom stereocenters. The molecule has 2 aromatic heterocycles. The van der Waals surface area contributed by atoms with Gasteiger partial charge in [0.15, 0.2) is 0 Å². The lowest BCUT2D eigenvalue weighted by Gasteiger charge is -2.30. The van der Waals surface area contributed by atoms with Crippen LogP contribution < -0.4 is 0 Å². The van der Waals surface area contributed by atoms with E-state index in [-0.39, 0.29) is 12.1 Å². The zero-order valence-electron chi connectivity index (χ0n) is 14.8. The number of rotatable bonds is 1. The van der Waals surface area contributed by atoms with Crippen LogP contribution in [0.3, 0.4) is 0 Å². The Morgan fingerprint density at radius 3 is 2.62 bits per heavy atom. The van der Waals surface area contributed by atoms with Crippen LogP contribution in [0.4, 0.5) is 18.0 Å². The van der Waals surface area contributed by atoms with Crippen molar-refractivity contribution in [3.05, 3.63) is 35.7 Å². The minimum Gasteiger partial charge on any atom is -0.444 e. The summed E-state index contributed by atoms with van der Waals surface area (Å²) in [5, 5.41) is 0.428. The van der Waals surface area contributed by atoms with E-state index >= 15 is 0 Å². The van der Waals surface area contributed by atoms with E-state index < -0.39 is 23.4 Å². The molecule has 140 valence electrons. The van der Waals surface area contributed by atoms with Crippen molar-refractivity contribution in [2.75, 3.05) is 13.1 Å². The Balaban J connectivity index is 1.93. The van der Waals surface area contributed by atoms with Crippen LogP contribution in [0.25, 0.3) is 16.6 Å². The van der Waals surface area contributed by atoms with Crippen molar-refractivity contribution >= 4 is 22.7 Å². The summed E-state index contributed by atoms with van der Waals surface area (Å²) in [6, 6.07) is 1.59. The van der Waals surface area contributed by atoms with Gasteiger partial charge in [-0.2, -0.15) is 13.2 Å². The minimum absolute atomic E-state index is 0.132. The monoisotopic (exact) mass is 367 g/mol. The molecular formula is C18H20F3N3O2. The molecule has 0 bridgehead atoms. The zero-order valence-corrected chi connectivity index (χ0v) is 14.8. The van der Waals surface area contributed by atoms with E-state index in [0.717, 1.165) is 6.20 Å². The standard InChI is InChI=1S/C18H20F3N3O2/c1-17(2,3)26-16(25)24-8-5-11(6-9-24)14-12-4-7-22-15(12)23-10-13(14)18(19,20)21/h4-5,7,10H,6,8-9H2,1-3H3,(H,22,23). The molecule has 1 aliphatic rings. The lowest BCUT2D eigenvalue weighted by molar-refractivity contribution is -0.137. The summed E-state index contributed by atoms with van der Waals surface area (Å²) in [4.78, 5) is 20.3.